The highest BCUT2D eigenvalue weighted by Crippen LogP contribution is 2.39. The first-order valence-electron chi connectivity index (χ1n) is 8.29. The monoisotopic (exact) mass is 344 g/mol. The third-order valence-corrected chi connectivity index (χ3v) is 4.44. The number of rotatable bonds is 12. The Kier molecular flexibility index (Phi) is 8.66. The second-order valence-corrected chi connectivity index (χ2v) is 6.13. The number of nitrogens with one attached hydrogen (secondary N) is 3. The summed E-state index contributed by atoms with van der Waals surface area (Å²) in [6.45, 7) is 1.86. The summed E-state index contributed by atoms with van der Waals surface area (Å²) < 4.78 is 0. The Morgan fingerprint density at radius 2 is 1.54 bits per heavy atom. The number of amides is 1. The molecule has 1 amide bonds. The van der Waals surface area contributed by atoms with Crippen molar-refractivity contribution in [1.29, 1.82) is 0 Å². The van der Waals surface area contributed by atoms with Gasteiger partial charge in [-0.25, -0.2) is 0 Å². The maximum absolute atomic E-state index is 11.9. The Balaban J connectivity index is 2.39. The van der Waals surface area contributed by atoms with Crippen molar-refractivity contribution >= 4 is 17.8 Å². The molecule has 1 unspecified atom stereocenters. The van der Waals surface area contributed by atoms with E-state index in [4.69, 9.17) is 10.8 Å². The number of hydrogen-bond donors (Lipinski definition) is 6. The molecule has 138 valence electrons. The average Bonchev–Trinajstić information content (AvgIpc) is 2.53. The van der Waals surface area contributed by atoms with E-state index < -0.39 is 29.3 Å². The molecule has 9 nitrogen and oxygen atoms in total. The van der Waals surface area contributed by atoms with Gasteiger partial charge in [0.2, 0.25) is 5.91 Å². The van der Waals surface area contributed by atoms with Crippen LogP contribution in [0, 0.1) is 5.41 Å². The van der Waals surface area contributed by atoms with E-state index in [0.29, 0.717) is 39.0 Å². The van der Waals surface area contributed by atoms with Crippen molar-refractivity contribution in [3.8, 4) is 0 Å². The van der Waals surface area contributed by atoms with Crippen LogP contribution >= 0.6 is 0 Å². The van der Waals surface area contributed by atoms with Gasteiger partial charge in [-0.1, -0.05) is 19.3 Å². The molecule has 1 fully saturated rings. The average molecular weight is 344 g/mol. The molecule has 1 rings (SSSR count). The predicted molar refractivity (Wildman–Crippen MR) is 87.5 cm³/mol. The van der Waals surface area contributed by atoms with Gasteiger partial charge in [-0.3, -0.25) is 14.4 Å². The van der Waals surface area contributed by atoms with Gasteiger partial charge < -0.3 is 31.9 Å². The van der Waals surface area contributed by atoms with Gasteiger partial charge in [-0.15, -0.1) is 0 Å². The van der Waals surface area contributed by atoms with Crippen LogP contribution < -0.4 is 21.7 Å². The molecular weight excluding hydrogens is 316 g/mol. The molecule has 0 aromatic heterocycles. The number of nitrogens with two attached hydrogens (primary N) is 1. The van der Waals surface area contributed by atoms with Crippen molar-refractivity contribution in [3.05, 3.63) is 0 Å². The molecule has 0 radical (unpaired) electrons. The molecule has 9 heteroatoms. The SMILES string of the molecule is NC(=O)C1(C(NCCNCCNCC(=O)O)C(=O)O)CCCCC1. The van der Waals surface area contributed by atoms with Gasteiger partial charge in [0.05, 0.1) is 12.0 Å². The lowest BCUT2D eigenvalue weighted by atomic mass is 9.68. The third-order valence-electron chi connectivity index (χ3n) is 4.44. The molecule has 0 bridgehead atoms. The van der Waals surface area contributed by atoms with Crippen LogP contribution in [0.2, 0.25) is 0 Å². The van der Waals surface area contributed by atoms with Gasteiger partial charge in [0, 0.05) is 26.2 Å². The summed E-state index contributed by atoms with van der Waals surface area (Å²) in [5, 5.41) is 26.7. The van der Waals surface area contributed by atoms with Gasteiger partial charge in [-0.05, 0) is 12.8 Å². The van der Waals surface area contributed by atoms with Crippen LogP contribution in [0.4, 0.5) is 0 Å². The second kappa shape index (κ2) is 10.2. The largest absolute Gasteiger partial charge is 0.480 e. The van der Waals surface area contributed by atoms with Crippen molar-refractivity contribution in [1.82, 2.24) is 16.0 Å². The van der Waals surface area contributed by atoms with E-state index in [0.717, 1.165) is 19.3 Å². The highest BCUT2D eigenvalue weighted by atomic mass is 16.4. The maximum Gasteiger partial charge on any atom is 0.321 e. The predicted octanol–water partition coefficient (Wildman–Crippen LogP) is -1.27. The molecule has 0 spiro atoms. The third kappa shape index (κ3) is 6.06. The minimum Gasteiger partial charge on any atom is -0.480 e. The molecule has 0 heterocycles. The number of aliphatic carboxylic acids is 2. The zero-order valence-electron chi connectivity index (χ0n) is 13.8. The number of carbonyl (C=O) groups is 3. The molecular formula is C15H28N4O5. The standard InChI is InChI=1S/C15H28N4O5/c16-14(24)15(4-2-1-3-5-15)12(13(22)23)19-9-8-17-6-7-18-10-11(20)21/h12,17-19H,1-10H2,(H2,16,24)(H,20,21)(H,22,23). The number of carbonyl (C=O) groups excluding carboxylic acids is 1. The first-order valence-corrected chi connectivity index (χ1v) is 8.29. The number of carboxylic acids is 2. The summed E-state index contributed by atoms with van der Waals surface area (Å²) in [5.74, 6) is -2.52. The minimum atomic E-state index is -1.06. The highest BCUT2D eigenvalue weighted by molar-refractivity contribution is 5.89. The van der Waals surface area contributed by atoms with Crippen LogP contribution in [-0.2, 0) is 14.4 Å². The lowest BCUT2D eigenvalue weighted by Crippen LogP contribution is -2.58. The van der Waals surface area contributed by atoms with Crippen LogP contribution in [0.1, 0.15) is 32.1 Å². The molecule has 0 aromatic rings. The van der Waals surface area contributed by atoms with E-state index in [-0.39, 0.29) is 6.54 Å². The first kappa shape index (κ1) is 20.3. The quantitative estimate of drug-likeness (QED) is 0.240. The number of hydrogen-bond acceptors (Lipinski definition) is 6. The summed E-state index contributed by atoms with van der Waals surface area (Å²) in [4.78, 5) is 33.9. The van der Waals surface area contributed by atoms with Crippen molar-refractivity contribution in [2.75, 3.05) is 32.7 Å². The molecule has 1 aliphatic carbocycles. The Morgan fingerprint density at radius 1 is 0.958 bits per heavy atom. The smallest absolute Gasteiger partial charge is 0.321 e. The molecule has 0 saturated heterocycles. The molecule has 24 heavy (non-hydrogen) atoms. The molecule has 1 aliphatic rings. The van der Waals surface area contributed by atoms with Gasteiger partial charge in [0.25, 0.3) is 0 Å². The topological polar surface area (TPSA) is 154 Å². The van der Waals surface area contributed by atoms with E-state index in [1.807, 2.05) is 0 Å². The van der Waals surface area contributed by atoms with E-state index >= 15 is 0 Å². The normalized spacial score (nSPS) is 18.0. The van der Waals surface area contributed by atoms with E-state index in [1.54, 1.807) is 0 Å². The molecule has 1 saturated carbocycles. The summed E-state index contributed by atoms with van der Waals surface area (Å²) in [6, 6.07) is -0.984. The molecule has 1 atom stereocenters. The molecule has 7 N–H and O–H groups in total. The van der Waals surface area contributed by atoms with Crippen molar-refractivity contribution < 1.29 is 24.6 Å². The van der Waals surface area contributed by atoms with E-state index in [1.165, 1.54) is 0 Å². The van der Waals surface area contributed by atoms with Gasteiger partial charge >= 0.3 is 11.9 Å². The van der Waals surface area contributed by atoms with Crippen molar-refractivity contribution in [3.63, 3.8) is 0 Å². The fourth-order valence-electron chi connectivity index (χ4n) is 3.18. The van der Waals surface area contributed by atoms with Gasteiger partial charge in [0.15, 0.2) is 0 Å². The Labute approximate surface area is 141 Å². The fourth-order valence-corrected chi connectivity index (χ4v) is 3.18. The number of primary amides is 1. The minimum absolute atomic E-state index is 0.0951. The van der Waals surface area contributed by atoms with Crippen molar-refractivity contribution in [2.45, 2.75) is 38.1 Å². The number of carboxylic acid groups (broad SMARTS) is 2. The maximum atomic E-state index is 11.9. The first-order chi connectivity index (χ1) is 11.4. The summed E-state index contributed by atoms with van der Waals surface area (Å²) in [6.07, 6.45) is 3.60. The van der Waals surface area contributed by atoms with Crippen LogP contribution in [0.15, 0.2) is 0 Å². The Morgan fingerprint density at radius 3 is 2.08 bits per heavy atom. The zero-order chi connectivity index (χ0) is 18.0. The second-order valence-electron chi connectivity index (χ2n) is 6.13. The lowest BCUT2D eigenvalue weighted by Gasteiger charge is -2.39. The summed E-state index contributed by atoms with van der Waals surface area (Å²) in [5.41, 5.74) is 4.52. The summed E-state index contributed by atoms with van der Waals surface area (Å²) >= 11 is 0. The van der Waals surface area contributed by atoms with Crippen LogP contribution in [-0.4, -0.2) is 66.8 Å². The fraction of sp³-hybridized carbons (Fsp3) is 0.800. The lowest BCUT2D eigenvalue weighted by molar-refractivity contribution is -0.150. The van der Waals surface area contributed by atoms with Gasteiger partial charge in [-0.2, -0.15) is 0 Å². The van der Waals surface area contributed by atoms with Crippen LogP contribution in [0.3, 0.4) is 0 Å². The van der Waals surface area contributed by atoms with Crippen molar-refractivity contribution in [2.24, 2.45) is 11.1 Å². The zero-order valence-corrected chi connectivity index (χ0v) is 13.8. The highest BCUT2D eigenvalue weighted by Gasteiger charge is 2.48. The van der Waals surface area contributed by atoms with Gasteiger partial charge in [0.1, 0.15) is 6.04 Å². The van der Waals surface area contributed by atoms with E-state index in [2.05, 4.69) is 16.0 Å². The van der Waals surface area contributed by atoms with Crippen LogP contribution in [0.5, 0.6) is 0 Å². The molecule has 0 aliphatic heterocycles. The Bertz CT molecular complexity index is 438. The van der Waals surface area contributed by atoms with E-state index in [9.17, 15) is 19.5 Å². The molecule has 0 aromatic carbocycles. The van der Waals surface area contributed by atoms with Crippen LogP contribution in [0.25, 0.3) is 0 Å². The Hall–Kier alpha value is -1.71. The summed E-state index contributed by atoms with van der Waals surface area (Å²) in [7, 11) is 0.